The molecular formula is C17H29OP. The van der Waals surface area contributed by atoms with Gasteiger partial charge in [0.1, 0.15) is 5.75 Å². The van der Waals surface area contributed by atoms with Gasteiger partial charge >= 0.3 is 0 Å². The molecule has 0 bridgehead atoms. The molecule has 0 aliphatic rings. The molecule has 0 atom stereocenters. The van der Waals surface area contributed by atoms with Gasteiger partial charge in [0.15, 0.2) is 0 Å². The Morgan fingerprint density at radius 3 is 1.53 bits per heavy atom. The van der Waals surface area contributed by atoms with E-state index in [-0.39, 0.29) is 18.8 Å². The van der Waals surface area contributed by atoms with Gasteiger partial charge in [0, 0.05) is 0 Å². The molecular weight excluding hydrogens is 251 g/mol. The van der Waals surface area contributed by atoms with Crippen LogP contribution in [-0.2, 0) is 17.0 Å². The number of rotatable bonds is 2. The Balaban J connectivity index is 3.48. The lowest BCUT2D eigenvalue weighted by molar-refractivity contribution is 0.423. The summed E-state index contributed by atoms with van der Waals surface area (Å²) < 4.78 is 0. The van der Waals surface area contributed by atoms with E-state index in [4.69, 9.17) is 0 Å². The molecule has 0 spiro atoms. The molecule has 0 radical (unpaired) electrons. The Morgan fingerprint density at radius 2 is 1.26 bits per heavy atom. The van der Waals surface area contributed by atoms with Crippen LogP contribution >= 0.6 is 7.92 Å². The third-order valence-electron chi connectivity index (χ3n) is 3.28. The van der Waals surface area contributed by atoms with Gasteiger partial charge in [-0.1, -0.05) is 53.7 Å². The van der Waals surface area contributed by atoms with Crippen molar-refractivity contribution in [3.8, 4) is 5.75 Å². The summed E-state index contributed by atoms with van der Waals surface area (Å²) in [4.78, 5) is 0. The average Bonchev–Trinajstić information content (AvgIpc) is 2.16. The van der Waals surface area contributed by atoms with E-state index < -0.39 is 0 Å². The lowest BCUT2D eigenvalue weighted by Gasteiger charge is -2.28. The van der Waals surface area contributed by atoms with Crippen LogP contribution in [0.3, 0.4) is 0 Å². The van der Waals surface area contributed by atoms with Crippen molar-refractivity contribution in [2.75, 3.05) is 13.3 Å². The Morgan fingerprint density at radius 1 is 0.895 bits per heavy atom. The van der Waals surface area contributed by atoms with Crippen LogP contribution in [0.1, 0.15) is 58.2 Å². The maximum Gasteiger partial charge on any atom is 0.123 e. The van der Waals surface area contributed by atoms with E-state index in [1.807, 2.05) is 0 Å². The minimum absolute atomic E-state index is 0.0235. The molecule has 2 heteroatoms. The van der Waals surface area contributed by atoms with E-state index in [0.29, 0.717) is 5.75 Å². The lowest BCUT2D eigenvalue weighted by atomic mass is 9.78. The summed E-state index contributed by atoms with van der Waals surface area (Å²) >= 11 is 0. The summed E-state index contributed by atoms with van der Waals surface area (Å²) in [5.74, 6) is 0.486. The van der Waals surface area contributed by atoms with E-state index >= 15 is 0 Å². The first-order chi connectivity index (χ1) is 8.43. The fourth-order valence-corrected chi connectivity index (χ4v) is 3.21. The Labute approximate surface area is 120 Å². The van der Waals surface area contributed by atoms with Gasteiger partial charge < -0.3 is 5.11 Å². The standard InChI is InChI=1S/C17H29OP/c1-16(2,3)13-9-12(11-19(7)8)10-14(15(13)18)17(4,5)6/h9-10,18H,11H2,1-8H3. The summed E-state index contributed by atoms with van der Waals surface area (Å²) in [6.07, 6.45) is 1.13. The molecule has 19 heavy (non-hydrogen) atoms. The zero-order chi connectivity index (χ0) is 15.0. The van der Waals surface area contributed by atoms with Crippen molar-refractivity contribution in [2.24, 2.45) is 0 Å². The SMILES string of the molecule is CP(C)Cc1cc(C(C)(C)C)c(O)c(C(C)(C)C)c1. The van der Waals surface area contributed by atoms with Gasteiger partial charge in [-0.3, -0.25) is 0 Å². The Hall–Kier alpha value is -0.550. The fourth-order valence-electron chi connectivity index (χ4n) is 2.29. The van der Waals surface area contributed by atoms with Gasteiger partial charge in [0.05, 0.1) is 0 Å². The molecule has 108 valence electrons. The highest BCUT2D eigenvalue weighted by Crippen LogP contribution is 2.41. The van der Waals surface area contributed by atoms with E-state index in [1.54, 1.807) is 0 Å². The molecule has 0 fully saturated rings. The molecule has 0 aromatic heterocycles. The van der Waals surface area contributed by atoms with Gasteiger partial charge in [-0.25, -0.2) is 0 Å². The molecule has 1 aromatic rings. The highest BCUT2D eigenvalue weighted by molar-refractivity contribution is 7.55. The quantitative estimate of drug-likeness (QED) is 0.735. The Kier molecular flexibility index (Phi) is 4.73. The molecule has 1 nitrogen and oxygen atoms in total. The van der Waals surface area contributed by atoms with Gasteiger partial charge in [-0.2, -0.15) is 0 Å². The smallest absolute Gasteiger partial charge is 0.123 e. The van der Waals surface area contributed by atoms with E-state index in [0.717, 1.165) is 17.3 Å². The maximum absolute atomic E-state index is 10.6. The van der Waals surface area contributed by atoms with Gasteiger partial charge in [0.2, 0.25) is 0 Å². The van der Waals surface area contributed by atoms with Crippen molar-refractivity contribution in [3.63, 3.8) is 0 Å². The van der Waals surface area contributed by atoms with Crippen molar-refractivity contribution in [1.29, 1.82) is 0 Å². The normalized spacial score (nSPS) is 13.1. The van der Waals surface area contributed by atoms with Crippen LogP contribution in [0.15, 0.2) is 12.1 Å². The number of hydrogen-bond acceptors (Lipinski definition) is 1. The first-order valence-corrected chi connectivity index (χ1v) is 9.36. The first kappa shape index (κ1) is 16.5. The second kappa shape index (κ2) is 5.44. The molecule has 0 heterocycles. The molecule has 0 amide bonds. The second-order valence-corrected chi connectivity index (χ2v) is 10.3. The molecule has 0 aliphatic heterocycles. The number of phenols is 1. The molecule has 1 N–H and O–H groups in total. The molecule has 1 aromatic carbocycles. The summed E-state index contributed by atoms with van der Waals surface area (Å²) in [7, 11) is 0.0355. The number of aromatic hydroxyl groups is 1. The van der Waals surface area contributed by atoms with Crippen LogP contribution in [0.2, 0.25) is 0 Å². The number of phenolic OH excluding ortho intramolecular Hbond substituents is 1. The van der Waals surface area contributed by atoms with Crippen molar-refractivity contribution < 1.29 is 5.11 Å². The third-order valence-corrected chi connectivity index (χ3v) is 4.28. The van der Waals surface area contributed by atoms with Crippen molar-refractivity contribution in [2.45, 2.75) is 58.5 Å². The van der Waals surface area contributed by atoms with Gasteiger partial charge in [-0.05, 0) is 47.0 Å². The predicted molar refractivity (Wildman–Crippen MR) is 88.0 cm³/mol. The zero-order valence-corrected chi connectivity index (χ0v) is 14.7. The summed E-state index contributed by atoms with van der Waals surface area (Å²) in [5.41, 5.74) is 3.47. The summed E-state index contributed by atoms with van der Waals surface area (Å²) in [6.45, 7) is 17.6. The second-order valence-electron chi connectivity index (χ2n) is 7.78. The molecule has 1 rings (SSSR count). The van der Waals surface area contributed by atoms with Crippen LogP contribution in [-0.4, -0.2) is 18.4 Å². The van der Waals surface area contributed by atoms with Crippen molar-refractivity contribution >= 4 is 7.92 Å². The minimum atomic E-state index is -0.0235. The lowest BCUT2D eigenvalue weighted by Crippen LogP contribution is -2.17. The Bertz CT molecular complexity index is 412. The molecule has 0 aliphatic carbocycles. The van der Waals surface area contributed by atoms with E-state index in [1.165, 1.54) is 5.56 Å². The summed E-state index contributed by atoms with van der Waals surface area (Å²) in [5, 5.41) is 10.6. The topological polar surface area (TPSA) is 20.2 Å². The van der Waals surface area contributed by atoms with Gasteiger partial charge in [0.25, 0.3) is 0 Å². The van der Waals surface area contributed by atoms with Crippen LogP contribution in [0.5, 0.6) is 5.75 Å². The summed E-state index contributed by atoms with van der Waals surface area (Å²) in [6, 6.07) is 4.40. The van der Waals surface area contributed by atoms with E-state index in [2.05, 4.69) is 67.0 Å². The monoisotopic (exact) mass is 280 g/mol. The van der Waals surface area contributed by atoms with Crippen LogP contribution < -0.4 is 0 Å². The predicted octanol–water partition coefficient (Wildman–Crippen LogP) is 5.23. The third kappa shape index (κ3) is 4.21. The highest BCUT2D eigenvalue weighted by atomic mass is 31.1. The fraction of sp³-hybridized carbons (Fsp3) is 0.647. The van der Waals surface area contributed by atoms with Crippen LogP contribution in [0.4, 0.5) is 0 Å². The molecule has 0 saturated heterocycles. The molecule has 0 saturated carbocycles. The van der Waals surface area contributed by atoms with Crippen LogP contribution in [0.25, 0.3) is 0 Å². The van der Waals surface area contributed by atoms with Gasteiger partial charge in [-0.15, -0.1) is 7.92 Å². The molecule has 0 unspecified atom stereocenters. The van der Waals surface area contributed by atoms with Crippen LogP contribution in [0, 0.1) is 0 Å². The maximum atomic E-state index is 10.6. The number of benzene rings is 1. The van der Waals surface area contributed by atoms with Crippen molar-refractivity contribution in [1.82, 2.24) is 0 Å². The highest BCUT2D eigenvalue weighted by Gasteiger charge is 2.26. The van der Waals surface area contributed by atoms with E-state index in [9.17, 15) is 5.11 Å². The van der Waals surface area contributed by atoms with Crippen molar-refractivity contribution in [3.05, 3.63) is 28.8 Å². The zero-order valence-electron chi connectivity index (χ0n) is 13.8. The largest absolute Gasteiger partial charge is 0.507 e. The number of hydrogen-bond donors (Lipinski definition) is 1. The first-order valence-electron chi connectivity index (χ1n) is 6.94. The average molecular weight is 280 g/mol. The minimum Gasteiger partial charge on any atom is -0.507 e.